The van der Waals surface area contributed by atoms with Crippen molar-refractivity contribution in [2.45, 2.75) is 37.9 Å². The van der Waals surface area contributed by atoms with Crippen molar-refractivity contribution in [1.82, 2.24) is 9.13 Å². The summed E-state index contributed by atoms with van der Waals surface area (Å²) in [6.45, 7) is 0.637. The molecule has 1 aliphatic heterocycles. The zero-order valence-electron chi connectivity index (χ0n) is 19.2. The number of carbonyl (C=O) groups is 2. The zero-order valence-corrected chi connectivity index (χ0v) is 19.2. The number of benzene rings is 2. The highest BCUT2D eigenvalue weighted by Gasteiger charge is 2.58. The number of anilines is 1. The summed E-state index contributed by atoms with van der Waals surface area (Å²) in [7, 11) is 1.64. The Morgan fingerprint density at radius 2 is 1.81 bits per heavy atom. The molecule has 8 nitrogen and oxygen atoms in total. The second-order valence-electron chi connectivity index (χ2n) is 9.11. The first-order chi connectivity index (χ1) is 16.9. The minimum atomic E-state index is -4.65. The molecule has 1 spiro atoms. The molecule has 0 radical (unpaired) electrons. The highest BCUT2D eigenvalue weighted by atomic mass is 19.4. The molecule has 2 aliphatic rings. The number of aromatic carboxylic acids is 1. The molecule has 11 heteroatoms. The average molecular weight is 498 g/mol. The lowest BCUT2D eigenvalue weighted by Crippen LogP contribution is -2.44. The normalized spacial score (nSPS) is 15.9. The van der Waals surface area contributed by atoms with Gasteiger partial charge in [0.05, 0.1) is 34.7 Å². The van der Waals surface area contributed by atoms with Crippen LogP contribution in [0.15, 0.2) is 52.2 Å². The number of fused-ring (bicyclic) bond motifs is 2. The monoisotopic (exact) mass is 498 g/mol. The lowest BCUT2D eigenvalue weighted by atomic mass is 9.97. The smallest absolute Gasteiger partial charge is 0.416 e. The number of aromatic nitrogens is 2. The third kappa shape index (κ3) is 3.37. The average Bonchev–Trinajstić information content (AvgIpc) is 3.59. The molecular weight excluding hydrogens is 479 g/mol. The molecule has 36 heavy (non-hydrogen) atoms. The number of carboxylic acid groups (broad SMARTS) is 1. The first-order valence-electron chi connectivity index (χ1n) is 11.0. The van der Waals surface area contributed by atoms with Crippen molar-refractivity contribution in [1.29, 1.82) is 0 Å². The fourth-order valence-corrected chi connectivity index (χ4v) is 4.90. The Bertz CT molecular complexity index is 1580. The Morgan fingerprint density at radius 3 is 2.42 bits per heavy atom. The van der Waals surface area contributed by atoms with E-state index in [1.165, 1.54) is 24.0 Å². The Hall–Kier alpha value is -4.15. The largest absolute Gasteiger partial charge is 0.545 e. The van der Waals surface area contributed by atoms with E-state index in [0.29, 0.717) is 28.7 Å². The lowest BCUT2D eigenvalue weighted by Gasteiger charge is -2.17. The maximum atomic E-state index is 13.4. The van der Waals surface area contributed by atoms with Crippen molar-refractivity contribution in [2.75, 3.05) is 11.9 Å². The first kappa shape index (κ1) is 23.6. The zero-order chi connectivity index (χ0) is 26.2. The van der Waals surface area contributed by atoms with Gasteiger partial charge < -0.3 is 14.8 Å². The van der Waals surface area contributed by atoms with Crippen molar-refractivity contribution in [3.05, 3.63) is 91.3 Å². The second kappa shape index (κ2) is 7.67. The van der Waals surface area contributed by atoms with Gasteiger partial charge in [-0.15, -0.1) is 0 Å². The number of halogens is 3. The van der Waals surface area contributed by atoms with Crippen molar-refractivity contribution in [3.8, 4) is 5.69 Å². The van der Waals surface area contributed by atoms with E-state index in [2.05, 4.69) is 0 Å². The van der Waals surface area contributed by atoms with E-state index in [9.17, 15) is 37.5 Å². The van der Waals surface area contributed by atoms with Crippen LogP contribution in [-0.4, -0.2) is 28.1 Å². The summed E-state index contributed by atoms with van der Waals surface area (Å²) in [6.07, 6.45) is -2.52. The Balaban J connectivity index is 1.68. The Labute approximate surface area is 201 Å². The van der Waals surface area contributed by atoms with E-state index in [0.717, 1.165) is 22.9 Å². The molecule has 1 aliphatic carbocycles. The standard InChI is InChI=1S/C25H20F3N3O5/c1-13-14(4-3-5-17(13)25(26,27)28)11-31-20(32)16(21(33)34)12-30(23(31)36)15-6-7-19-18(10-15)24(8-9-24)22(35)29(19)2/h3-7,10,12H,8-9,11H2,1-2H3,(H,33,34)/p-1. The topological polar surface area (TPSA) is 104 Å². The van der Waals surface area contributed by atoms with Gasteiger partial charge in [0.25, 0.3) is 5.56 Å². The number of likely N-dealkylation sites (N-methyl/N-ethyl adjacent to an activating group) is 1. The fourth-order valence-electron chi connectivity index (χ4n) is 4.90. The summed E-state index contributed by atoms with van der Waals surface area (Å²) in [5, 5.41) is 11.7. The molecule has 1 aromatic heterocycles. The molecule has 0 unspecified atom stereocenters. The molecule has 5 rings (SSSR count). The van der Waals surface area contributed by atoms with Crippen LogP contribution in [-0.2, 0) is 22.9 Å². The number of carbonyl (C=O) groups excluding carboxylic acids is 2. The molecule has 1 fully saturated rings. The van der Waals surface area contributed by atoms with Gasteiger partial charge in [-0.3, -0.25) is 18.7 Å². The van der Waals surface area contributed by atoms with Crippen molar-refractivity contribution >= 4 is 17.6 Å². The predicted molar refractivity (Wildman–Crippen MR) is 120 cm³/mol. The quantitative estimate of drug-likeness (QED) is 0.545. The highest BCUT2D eigenvalue weighted by Crippen LogP contribution is 2.57. The van der Waals surface area contributed by atoms with Crippen molar-refractivity contribution in [3.63, 3.8) is 0 Å². The van der Waals surface area contributed by atoms with Gasteiger partial charge in [-0.1, -0.05) is 12.1 Å². The summed E-state index contributed by atoms with van der Waals surface area (Å²) in [5.74, 6) is -1.90. The number of hydrogen-bond donors (Lipinski definition) is 0. The molecule has 186 valence electrons. The molecule has 1 amide bonds. The van der Waals surface area contributed by atoms with Gasteiger partial charge in [-0.25, -0.2) is 4.79 Å². The summed E-state index contributed by atoms with van der Waals surface area (Å²) in [6, 6.07) is 8.12. The second-order valence-corrected chi connectivity index (χ2v) is 9.11. The Kier molecular flexibility index (Phi) is 5.03. The summed E-state index contributed by atoms with van der Waals surface area (Å²) in [4.78, 5) is 52.2. The maximum Gasteiger partial charge on any atom is 0.416 e. The lowest BCUT2D eigenvalue weighted by molar-refractivity contribution is -0.255. The van der Waals surface area contributed by atoms with Crippen LogP contribution in [0, 0.1) is 6.92 Å². The summed E-state index contributed by atoms with van der Waals surface area (Å²) >= 11 is 0. The van der Waals surface area contributed by atoms with E-state index >= 15 is 0 Å². The van der Waals surface area contributed by atoms with Gasteiger partial charge >= 0.3 is 11.9 Å². The van der Waals surface area contributed by atoms with Crippen molar-refractivity contribution < 1.29 is 27.9 Å². The van der Waals surface area contributed by atoms with Crippen LogP contribution in [0.25, 0.3) is 5.69 Å². The van der Waals surface area contributed by atoms with Crippen LogP contribution in [0.5, 0.6) is 0 Å². The summed E-state index contributed by atoms with van der Waals surface area (Å²) < 4.78 is 41.6. The first-order valence-corrected chi connectivity index (χ1v) is 11.0. The summed E-state index contributed by atoms with van der Waals surface area (Å²) in [5.41, 5.74) is -3.13. The van der Waals surface area contributed by atoms with E-state index in [4.69, 9.17) is 0 Å². The van der Waals surface area contributed by atoms with Crippen LogP contribution in [0.1, 0.15) is 45.5 Å². The number of hydrogen-bond acceptors (Lipinski definition) is 5. The van der Waals surface area contributed by atoms with E-state index in [1.54, 1.807) is 19.2 Å². The van der Waals surface area contributed by atoms with Crippen LogP contribution >= 0.6 is 0 Å². The van der Waals surface area contributed by atoms with Crippen LogP contribution in [0.4, 0.5) is 18.9 Å². The predicted octanol–water partition coefficient (Wildman–Crippen LogP) is 1.75. The highest BCUT2D eigenvalue weighted by molar-refractivity contribution is 6.10. The van der Waals surface area contributed by atoms with E-state index < -0.39 is 46.5 Å². The number of alkyl halides is 3. The molecule has 0 saturated heterocycles. The molecule has 1 saturated carbocycles. The number of carboxylic acids is 1. The van der Waals surface area contributed by atoms with Gasteiger partial charge in [-0.2, -0.15) is 13.2 Å². The maximum absolute atomic E-state index is 13.4. The molecular formula is C25H19F3N3O5-. The Morgan fingerprint density at radius 1 is 1.11 bits per heavy atom. The van der Waals surface area contributed by atoms with Gasteiger partial charge in [0, 0.05) is 18.9 Å². The van der Waals surface area contributed by atoms with Gasteiger partial charge in [-0.05, 0) is 60.7 Å². The molecule has 0 bridgehead atoms. The fraction of sp³-hybridized carbons (Fsp3) is 0.280. The minimum absolute atomic E-state index is 0.0316. The van der Waals surface area contributed by atoms with E-state index in [-0.39, 0.29) is 22.7 Å². The molecule has 3 aromatic rings. The number of nitrogens with zero attached hydrogens (tertiary/aromatic N) is 3. The van der Waals surface area contributed by atoms with Crippen LogP contribution in [0.3, 0.4) is 0 Å². The number of rotatable bonds is 4. The van der Waals surface area contributed by atoms with Gasteiger partial charge in [0.15, 0.2) is 0 Å². The molecule has 0 atom stereocenters. The molecule has 0 N–H and O–H groups in total. The van der Waals surface area contributed by atoms with Gasteiger partial charge in [0.1, 0.15) is 0 Å². The SMILES string of the molecule is Cc1c(Cn2c(=O)c(C(=O)[O-])cn(-c3ccc4c(c3)C3(CC3)C(=O)N4C)c2=O)cccc1C(F)(F)F. The van der Waals surface area contributed by atoms with Crippen LogP contribution < -0.4 is 21.3 Å². The van der Waals surface area contributed by atoms with Crippen molar-refractivity contribution in [2.24, 2.45) is 0 Å². The third-order valence-electron chi connectivity index (χ3n) is 7.07. The molecule has 2 aromatic carbocycles. The molecule has 2 heterocycles. The number of amides is 1. The minimum Gasteiger partial charge on any atom is -0.545 e. The van der Waals surface area contributed by atoms with Gasteiger partial charge in [0.2, 0.25) is 5.91 Å². The van der Waals surface area contributed by atoms with E-state index in [1.807, 2.05) is 0 Å². The third-order valence-corrected chi connectivity index (χ3v) is 7.07. The van der Waals surface area contributed by atoms with Crippen LogP contribution in [0.2, 0.25) is 0 Å².